The van der Waals surface area contributed by atoms with Gasteiger partial charge in [-0.3, -0.25) is 5.84 Å². The quantitative estimate of drug-likeness (QED) is 0.206. The molecule has 1 saturated heterocycles. The smallest absolute Gasteiger partial charge is 0.0113 e. The second-order valence-electron chi connectivity index (χ2n) is 3.33. The van der Waals surface area contributed by atoms with E-state index in [1.807, 2.05) is 0 Å². The van der Waals surface area contributed by atoms with Gasteiger partial charge in [0.2, 0.25) is 0 Å². The molecule has 0 aromatic heterocycles. The summed E-state index contributed by atoms with van der Waals surface area (Å²) in [5.41, 5.74) is 5.31. The maximum absolute atomic E-state index is 5.05. The summed E-state index contributed by atoms with van der Waals surface area (Å²) >= 11 is 0. The van der Waals surface area contributed by atoms with Crippen LogP contribution in [0.25, 0.3) is 0 Å². The number of nitrogens with two attached hydrogens (primary N) is 1. The SMILES string of the molecule is NNNCCCCCCN1CC1. The Labute approximate surface area is 74.4 Å². The summed E-state index contributed by atoms with van der Waals surface area (Å²) in [6.45, 7) is 4.94. The zero-order valence-electron chi connectivity index (χ0n) is 7.68. The molecule has 0 saturated carbocycles. The molecule has 0 aliphatic carbocycles. The van der Waals surface area contributed by atoms with Gasteiger partial charge in [0.25, 0.3) is 0 Å². The first-order valence-electron chi connectivity index (χ1n) is 4.84. The Morgan fingerprint density at radius 3 is 2.50 bits per heavy atom. The predicted molar refractivity (Wildman–Crippen MR) is 50.2 cm³/mol. The van der Waals surface area contributed by atoms with Gasteiger partial charge in [0.05, 0.1) is 0 Å². The standard InChI is InChI=1S/C8H20N4/c9-11-10-5-3-1-2-4-6-12-7-8-12/h10-11H,1-9H2. The fourth-order valence-corrected chi connectivity index (χ4v) is 1.27. The third-order valence-corrected chi connectivity index (χ3v) is 2.17. The van der Waals surface area contributed by atoms with Crippen LogP contribution in [0.1, 0.15) is 25.7 Å². The minimum Gasteiger partial charge on any atom is -0.301 e. The van der Waals surface area contributed by atoms with Crippen molar-refractivity contribution in [2.24, 2.45) is 5.84 Å². The highest BCUT2D eigenvalue weighted by Gasteiger charge is 2.14. The van der Waals surface area contributed by atoms with E-state index in [2.05, 4.69) is 15.9 Å². The first kappa shape index (κ1) is 9.92. The molecule has 0 radical (unpaired) electrons. The van der Waals surface area contributed by atoms with Gasteiger partial charge < -0.3 is 4.90 Å². The van der Waals surface area contributed by atoms with Crippen molar-refractivity contribution in [2.45, 2.75) is 25.7 Å². The number of rotatable bonds is 8. The van der Waals surface area contributed by atoms with Crippen LogP contribution >= 0.6 is 0 Å². The summed E-state index contributed by atoms with van der Waals surface area (Å²) in [6, 6.07) is 0. The Balaban J connectivity index is 1.65. The topological polar surface area (TPSA) is 53.1 Å². The normalized spacial score (nSPS) is 16.8. The number of hydrogen-bond acceptors (Lipinski definition) is 4. The molecule has 4 N–H and O–H groups in total. The second kappa shape index (κ2) is 6.37. The molecular formula is C8H20N4. The van der Waals surface area contributed by atoms with Crippen LogP contribution in [0.15, 0.2) is 0 Å². The summed E-state index contributed by atoms with van der Waals surface area (Å²) in [4.78, 5) is 2.47. The highest BCUT2D eigenvalue weighted by Crippen LogP contribution is 2.07. The van der Waals surface area contributed by atoms with Gasteiger partial charge in [0.15, 0.2) is 0 Å². The van der Waals surface area contributed by atoms with Gasteiger partial charge >= 0.3 is 0 Å². The number of hydrazine groups is 2. The molecule has 1 fully saturated rings. The van der Waals surface area contributed by atoms with Gasteiger partial charge in [-0.15, -0.1) is 0 Å². The van der Waals surface area contributed by atoms with Crippen molar-refractivity contribution in [3.63, 3.8) is 0 Å². The second-order valence-corrected chi connectivity index (χ2v) is 3.33. The Hall–Kier alpha value is -0.160. The molecule has 1 aliphatic rings. The van der Waals surface area contributed by atoms with Crippen LogP contribution in [-0.4, -0.2) is 31.1 Å². The van der Waals surface area contributed by atoms with Crippen LogP contribution in [0.5, 0.6) is 0 Å². The molecule has 72 valence electrons. The number of unbranched alkanes of at least 4 members (excludes halogenated alkanes) is 3. The van der Waals surface area contributed by atoms with Gasteiger partial charge in [0.1, 0.15) is 0 Å². The third kappa shape index (κ3) is 5.49. The maximum atomic E-state index is 5.05. The van der Waals surface area contributed by atoms with Gasteiger partial charge in [-0.2, -0.15) is 5.53 Å². The van der Waals surface area contributed by atoms with Crippen LogP contribution in [0.2, 0.25) is 0 Å². The highest BCUT2D eigenvalue weighted by atomic mass is 15.5. The van der Waals surface area contributed by atoms with E-state index in [1.165, 1.54) is 45.3 Å². The fraction of sp³-hybridized carbons (Fsp3) is 1.00. The van der Waals surface area contributed by atoms with Crippen molar-refractivity contribution >= 4 is 0 Å². The van der Waals surface area contributed by atoms with Gasteiger partial charge in [-0.25, -0.2) is 5.43 Å². The molecule has 0 atom stereocenters. The molecule has 1 heterocycles. The molecular weight excluding hydrogens is 152 g/mol. The highest BCUT2D eigenvalue weighted by molar-refractivity contribution is 4.71. The lowest BCUT2D eigenvalue weighted by atomic mass is 10.2. The Bertz CT molecular complexity index is 103. The van der Waals surface area contributed by atoms with Crippen molar-refractivity contribution < 1.29 is 0 Å². The lowest BCUT2D eigenvalue weighted by molar-refractivity contribution is 0.485. The van der Waals surface area contributed by atoms with Gasteiger partial charge in [-0.1, -0.05) is 12.8 Å². The van der Waals surface area contributed by atoms with Crippen LogP contribution in [0.3, 0.4) is 0 Å². The first-order valence-corrected chi connectivity index (χ1v) is 4.84. The summed E-state index contributed by atoms with van der Waals surface area (Å²) in [6.07, 6.45) is 5.23. The molecule has 1 aliphatic heterocycles. The lowest BCUT2D eigenvalue weighted by Crippen LogP contribution is -2.38. The van der Waals surface area contributed by atoms with Crippen molar-refractivity contribution in [1.82, 2.24) is 15.9 Å². The van der Waals surface area contributed by atoms with E-state index < -0.39 is 0 Å². The molecule has 1 rings (SSSR count). The number of nitrogens with one attached hydrogen (secondary N) is 2. The molecule has 4 heteroatoms. The average Bonchev–Trinajstić information content (AvgIpc) is 2.87. The molecule has 12 heavy (non-hydrogen) atoms. The zero-order chi connectivity index (χ0) is 8.65. The summed E-state index contributed by atoms with van der Waals surface area (Å²) < 4.78 is 0. The minimum absolute atomic E-state index is 0.972. The summed E-state index contributed by atoms with van der Waals surface area (Å²) in [5, 5.41) is 0. The van der Waals surface area contributed by atoms with Crippen molar-refractivity contribution in [3.8, 4) is 0 Å². The largest absolute Gasteiger partial charge is 0.301 e. The molecule has 0 aromatic rings. The van der Waals surface area contributed by atoms with Crippen molar-refractivity contribution in [1.29, 1.82) is 0 Å². The molecule has 0 amide bonds. The van der Waals surface area contributed by atoms with Crippen molar-refractivity contribution in [3.05, 3.63) is 0 Å². The van der Waals surface area contributed by atoms with Crippen LogP contribution in [0, 0.1) is 0 Å². The summed E-state index contributed by atoms with van der Waals surface area (Å²) in [5.74, 6) is 5.05. The average molecular weight is 172 g/mol. The first-order chi connectivity index (χ1) is 5.93. The van der Waals surface area contributed by atoms with Gasteiger partial charge in [0, 0.05) is 19.6 Å². The Kier molecular flexibility index (Phi) is 5.27. The van der Waals surface area contributed by atoms with E-state index in [0.717, 1.165) is 6.54 Å². The van der Waals surface area contributed by atoms with E-state index in [4.69, 9.17) is 5.84 Å². The maximum Gasteiger partial charge on any atom is 0.0113 e. The van der Waals surface area contributed by atoms with Gasteiger partial charge in [-0.05, 0) is 19.4 Å². The number of hydrogen-bond donors (Lipinski definition) is 3. The minimum atomic E-state index is 0.972. The molecule has 0 bridgehead atoms. The monoisotopic (exact) mass is 172 g/mol. The van der Waals surface area contributed by atoms with E-state index in [-0.39, 0.29) is 0 Å². The van der Waals surface area contributed by atoms with E-state index in [1.54, 1.807) is 0 Å². The zero-order valence-corrected chi connectivity index (χ0v) is 7.68. The fourth-order valence-electron chi connectivity index (χ4n) is 1.27. The van der Waals surface area contributed by atoms with Crippen LogP contribution < -0.4 is 16.8 Å². The van der Waals surface area contributed by atoms with Crippen LogP contribution in [-0.2, 0) is 0 Å². The number of nitrogens with zero attached hydrogens (tertiary/aromatic N) is 1. The predicted octanol–water partition coefficient (Wildman–Crippen LogP) is -0.170. The van der Waals surface area contributed by atoms with E-state index in [9.17, 15) is 0 Å². The Morgan fingerprint density at radius 1 is 1.08 bits per heavy atom. The molecule has 0 aromatic carbocycles. The molecule has 0 spiro atoms. The van der Waals surface area contributed by atoms with Crippen molar-refractivity contribution in [2.75, 3.05) is 26.2 Å². The van der Waals surface area contributed by atoms with E-state index >= 15 is 0 Å². The van der Waals surface area contributed by atoms with E-state index in [0.29, 0.717) is 0 Å². The third-order valence-electron chi connectivity index (χ3n) is 2.17. The Morgan fingerprint density at radius 2 is 1.83 bits per heavy atom. The molecule has 0 unspecified atom stereocenters. The molecule has 4 nitrogen and oxygen atoms in total. The summed E-state index contributed by atoms with van der Waals surface area (Å²) in [7, 11) is 0. The van der Waals surface area contributed by atoms with Crippen LogP contribution in [0.4, 0.5) is 0 Å². The lowest BCUT2D eigenvalue weighted by Gasteiger charge is -2.02.